The number of ether oxygens (including phenoxy) is 1. The van der Waals surface area contributed by atoms with Gasteiger partial charge in [-0.25, -0.2) is 13.1 Å². The molecule has 2 aromatic rings. The lowest BCUT2D eigenvalue weighted by Gasteiger charge is -2.51. The highest BCUT2D eigenvalue weighted by atomic mass is 35.5. The van der Waals surface area contributed by atoms with Crippen molar-refractivity contribution in [1.82, 2.24) is 4.72 Å². The van der Waals surface area contributed by atoms with Crippen LogP contribution in [0.5, 0.6) is 5.75 Å². The minimum absolute atomic E-state index is 0.0135. The lowest BCUT2D eigenvalue weighted by atomic mass is 9.58. The summed E-state index contributed by atoms with van der Waals surface area (Å²) in [5, 5.41) is -0.0906. The summed E-state index contributed by atoms with van der Waals surface area (Å²) in [6, 6.07) is 11.1. The second-order valence-electron chi connectivity index (χ2n) is 13.0. The molecule has 1 amide bonds. The van der Waals surface area contributed by atoms with Gasteiger partial charge in [0.05, 0.1) is 10.9 Å². The zero-order valence-electron chi connectivity index (χ0n) is 25.4. The maximum absolute atomic E-state index is 13.4. The second-order valence-corrected chi connectivity index (χ2v) is 15.5. The molecule has 9 heteroatoms. The fraction of sp³-hybridized carbons (Fsp3) is 0.529. The van der Waals surface area contributed by atoms with Gasteiger partial charge < -0.3 is 14.4 Å². The minimum Gasteiger partial charge on any atom is -0.487 e. The molecule has 3 aliphatic rings. The molecule has 1 fully saturated rings. The van der Waals surface area contributed by atoms with E-state index >= 15 is 0 Å². The largest absolute Gasteiger partial charge is 0.487 e. The third kappa shape index (κ3) is 7.12. The zero-order chi connectivity index (χ0) is 30.8. The van der Waals surface area contributed by atoms with Gasteiger partial charge in [0, 0.05) is 29.6 Å². The molecule has 43 heavy (non-hydrogen) atoms. The van der Waals surface area contributed by atoms with Crippen LogP contribution in [0.1, 0.15) is 80.8 Å². The van der Waals surface area contributed by atoms with Crippen LogP contribution in [-0.4, -0.2) is 39.0 Å². The van der Waals surface area contributed by atoms with Crippen LogP contribution >= 0.6 is 11.6 Å². The van der Waals surface area contributed by atoms with Crippen LogP contribution in [0.4, 0.5) is 5.69 Å². The number of rotatable bonds is 1. The lowest BCUT2D eigenvalue weighted by Crippen LogP contribution is -2.48. The SMILES string of the molecule is C[C@@H]1[C@@H](C)C/C=C/[C@H](C=O)C[C@H]2CCC2(C)CN2CCCCc3cc(Cl)ccc3COc3ccc(cc32)C(=O)NS1(=O)=O. The first-order chi connectivity index (χ1) is 20.5. The van der Waals surface area contributed by atoms with E-state index in [1.165, 1.54) is 5.56 Å². The number of allylic oxidation sites excluding steroid dienone is 2. The fourth-order valence-electron chi connectivity index (χ4n) is 6.70. The number of carbonyl (C=O) groups is 2. The average Bonchev–Trinajstić information content (AvgIpc) is 3.00. The van der Waals surface area contributed by atoms with Crippen LogP contribution in [0.15, 0.2) is 48.6 Å². The predicted molar refractivity (Wildman–Crippen MR) is 171 cm³/mol. The van der Waals surface area contributed by atoms with Gasteiger partial charge in [-0.05, 0) is 111 Å². The van der Waals surface area contributed by atoms with E-state index in [1.807, 2.05) is 37.3 Å². The van der Waals surface area contributed by atoms with Gasteiger partial charge in [-0.2, -0.15) is 0 Å². The quantitative estimate of drug-likeness (QED) is 0.279. The van der Waals surface area contributed by atoms with Crippen molar-refractivity contribution in [3.8, 4) is 5.75 Å². The van der Waals surface area contributed by atoms with E-state index in [1.54, 1.807) is 25.1 Å². The third-order valence-corrected chi connectivity index (χ3v) is 12.1. The van der Waals surface area contributed by atoms with Crippen molar-refractivity contribution in [3.05, 3.63) is 70.3 Å². The smallest absolute Gasteiger partial charge is 0.264 e. The van der Waals surface area contributed by atoms with Gasteiger partial charge in [0.2, 0.25) is 10.0 Å². The number of aryl methyl sites for hydroxylation is 1. The van der Waals surface area contributed by atoms with Crippen molar-refractivity contribution < 1.29 is 22.7 Å². The van der Waals surface area contributed by atoms with Gasteiger partial charge >= 0.3 is 0 Å². The maximum atomic E-state index is 13.4. The Labute approximate surface area is 261 Å². The number of halogens is 1. The minimum atomic E-state index is -3.94. The summed E-state index contributed by atoms with van der Waals surface area (Å²) in [5.41, 5.74) is 3.29. The number of hydrogen-bond donors (Lipinski definition) is 1. The molecule has 0 saturated heterocycles. The van der Waals surface area contributed by atoms with Gasteiger partial charge in [-0.3, -0.25) is 4.79 Å². The molecule has 0 radical (unpaired) electrons. The molecule has 2 heterocycles. The molecule has 0 spiro atoms. The van der Waals surface area contributed by atoms with Gasteiger partial charge in [-0.1, -0.05) is 43.7 Å². The van der Waals surface area contributed by atoms with Crippen LogP contribution in [-0.2, 0) is 27.8 Å². The van der Waals surface area contributed by atoms with Crippen LogP contribution in [0.2, 0.25) is 5.02 Å². The summed E-state index contributed by atoms with van der Waals surface area (Å²) in [7, 11) is -3.94. The summed E-state index contributed by atoms with van der Waals surface area (Å²) in [6.07, 6.45) is 11.0. The van der Waals surface area contributed by atoms with Crippen molar-refractivity contribution in [2.45, 2.75) is 77.6 Å². The van der Waals surface area contributed by atoms with Crippen LogP contribution in [0.3, 0.4) is 0 Å². The van der Waals surface area contributed by atoms with E-state index in [4.69, 9.17) is 16.3 Å². The van der Waals surface area contributed by atoms with Crippen molar-refractivity contribution >= 4 is 39.5 Å². The Hall–Kier alpha value is -2.84. The molecule has 232 valence electrons. The normalized spacial score (nSPS) is 30.5. The lowest BCUT2D eigenvalue weighted by molar-refractivity contribution is -0.111. The molecule has 2 aliphatic heterocycles. The molecule has 1 N–H and O–H groups in total. The second kappa shape index (κ2) is 13.0. The summed E-state index contributed by atoms with van der Waals surface area (Å²) in [4.78, 5) is 27.8. The molecule has 1 saturated carbocycles. The van der Waals surface area contributed by atoms with Gasteiger partial charge in [0.15, 0.2) is 0 Å². The molecular formula is C34H43ClN2O5S. The summed E-state index contributed by atoms with van der Waals surface area (Å²) < 4.78 is 35.2. The highest BCUT2D eigenvalue weighted by Crippen LogP contribution is 2.51. The number of anilines is 1. The number of carbonyl (C=O) groups excluding carboxylic acids is 2. The molecule has 5 rings (SSSR count). The molecule has 2 aromatic carbocycles. The van der Waals surface area contributed by atoms with E-state index < -0.39 is 21.2 Å². The van der Waals surface area contributed by atoms with Gasteiger partial charge in [-0.15, -0.1) is 0 Å². The Morgan fingerprint density at radius 3 is 2.67 bits per heavy atom. The summed E-state index contributed by atoms with van der Waals surface area (Å²) >= 11 is 6.32. The number of aldehydes is 1. The van der Waals surface area contributed by atoms with Crippen molar-refractivity contribution in [2.75, 3.05) is 18.0 Å². The van der Waals surface area contributed by atoms with E-state index in [-0.39, 0.29) is 22.8 Å². The number of sulfonamides is 1. The monoisotopic (exact) mass is 626 g/mol. The number of fused-ring (bicyclic) bond motifs is 3. The van der Waals surface area contributed by atoms with Gasteiger partial charge in [0.1, 0.15) is 18.6 Å². The first-order valence-corrected chi connectivity index (χ1v) is 17.4. The number of nitrogens with one attached hydrogen (secondary N) is 1. The van der Waals surface area contributed by atoms with E-state index in [9.17, 15) is 18.0 Å². The molecule has 1 unspecified atom stereocenters. The highest BCUT2D eigenvalue weighted by molar-refractivity contribution is 7.90. The number of benzene rings is 2. The Morgan fingerprint density at radius 2 is 1.93 bits per heavy atom. The number of amides is 1. The summed E-state index contributed by atoms with van der Waals surface area (Å²) in [6.45, 7) is 7.64. The summed E-state index contributed by atoms with van der Waals surface area (Å²) in [5.74, 6) is -0.0815. The topological polar surface area (TPSA) is 92.8 Å². The molecule has 5 atom stereocenters. The Morgan fingerprint density at radius 1 is 1.12 bits per heavy atom. The Bertz CT molecular complexity index is 1490. The molecular weight excluding hydrogens is 584 g/mol. The highest BCUT2D eigenvalue weighted by Gasteiger charge is 2.44. The first-order valence-electron chi connectivity index (χ1n) is 15.5. The third-order valence-electron chi connectivity index (χ3n) is 9.99. The molecule has 0 aromatic heterocycles. The fourth-order valence-corrected chi connectivity index (χ4v) is 8.18. The number of hydrogen-bond acceptors (Lipinski definition) is 6. The Kier molecular flexibility index (Phi) is 9.57. The van der Waals surface area contributed by atoms with Crippen LogP contribution in [0, 0.1) is 23.2 Å². The molecule has 1 aliphatic carbocycles. The van der Waals surface area contributed by atoms with E-state index in [0.29, 0.717) is 29.7 Å². The number of nitrogens with zero attached hydrogens (tertiary/aromatic N) is 1. The first kappa shape index (κ1) is 31.6. The molecule has 7 nitrogen and oxygen atoms in total. The van der Waals surface area contributed by atoms with E-state index in [0.717, 1.165) is 69.2 Å². The maximum Gasteiger partial charge on any atom is 0.264 e. The standard InChI is InChI=1S/C34H43ClN2O5S/c1-23-7-6-8-25(20-38)17-29-14-15-34(29,3)22-37-16-5-4-9-26-18-30(35)12-10-28(26)21-42-32-13-11-27(19-31(32)37)33(39)36-43(40,41)24(23)2/h6,8,10-13,18-20,23-25,29H,4-5,7,9,14-17,21-22H2,1-3H3,(H,36,39)/b8-6+/t23-,24+,25-,29+,34?/m0/s1. The van der Waals surface area contributed by atoms with Crippen molar-refractivity contribution in [2.24, 2.45) is 23.2 Å². The van der Waals surface area contributed by atoms with Gasteiger partial charge in [0.25, 0.3) is 5.91 Å². The predicted octanol–water partition coefficient (Wildman–Crippen LogP) is 6.73. The van der Waals surface area contributed by atoms with Crippen LogP contribution in [0.25, 0.3) is 0 Å². The Balaban J connectivity index is 1.56. The zero-order valence-corrected chi connectivity index (χ0v) is 26.9. The van der Waals surface area contributed by atoms with Crippen LogP contribution < -0.4 is 14.4 Å². The van der Waals surface area contributed by atoms with E-state index in [2.05, 4.69) is 16.5 Å². The van der Waals surface area contributed by atoms with Crippen molar-refractivity contribution in [3.63, 3.8) is 0 Å². The molecule has 2 bridgehead atoms. The average molecular weight is 627 g/mol. The van der Waals surface area contributed by atoms with Crippen molar-refractivity contribution in [1.29, 1.82) is 0 Å².